The fraction of sp³-hybridized carbons (Fsp3) is 0.846. The Morgan fingerprint density at radius 1 is 1.35 bits per heavy atom. The zero-order valence-electron chi connectivity index (χ0n) is 12.2. The molecule has 1 atom stereocenters. The van der Waals surface area contributed by atoms with Gasteiger partial charge in [0.2, 0.25) is 0 Å². The smallest absolute Gasteiger partial charge is 0.251 e. The monoisotopic (exact) mass is 244 g/mol. The summed E-state index contributed by atoms with van der Waals surface area (Å²) in [6, 6.07) is 1.75. The molecule has 4 heteroatoms. The van der Waals surface area contributed by atoms with Crippen molar-refractivity contribution in [3.05, 3.63) is 0 Å². The van der Waals surface area contributed by atoms with Gasteiger partial charge >= 0.3 is 0 Å². The van der Waals surface area contributed by atoms with Crippen LogP contribution in [0.5, 0.6) is 0 Å². The normalized spacial score (nSPS) is 9.76. The van der Waals surface area contributed by atoms with E-state index in [9.17, 15) is 9.90 Å². The fourth-order valence-corrected chi connectivity index (χ4v) is 1.10. The maximum Gasteiger partial charge on any atom is 0.251 e. The lowest BCUT2D eigenvalue weighted by atomic mass is 10.2. The van der Waals surface area contributed by atoms with E-state index in [1.54, 1.807) is 18.0 Å². The van der Waals surface area contributed by atoms with Crippen molar-refractivity contribution in [3.63, 3.8) is 0 Å². The topological polar surface area (TPSA) is 64.3 Å². The molecule has 0 spiro atoms. The fourth-order valence-electron chi connectivity index (χ4n) is 1.10. The Hall–Kier alpha value is -1.08. The largest absolute Gasteiger partial charge is 0.383 e. The first-order chi connectivity index (χ1) is 8.04. The highest BCUT2D eigenvalue weighted by atomic mass is 16.3. The van der Waals surface area contributed by atoms with Gasteiger partial charge in [-0.25, -0.2) is 0 Å². The van der Waals surface area contributed by atoms with Crippen LogP contribution in [0.15, 0.2) is 0 Å². The predicted octanol–water partition coefficient (Wildman–Crippen LogP) is 2.57. The van der Waals surface area contributed by atoms with Gasteiger partial charge in [0.05, 0.1) is 6.07 Å². The molecule has 0 aliphatic rings. The van der Waals surface area contributed by atoms with E-state index in [0.717, 1.165) is 19.4 Å². The molecule has 17 heavy (non-hydrogen) atoms. The Morgan fingerprint density at radius 2 is 1.76 bits per heavy atom. The molecule has 102 valence electrons. The van der Waals surface area contributed by atoms with E-state index >= 15 is 0 Å². The molecule has 1 N–H and O–H groups in total. The molecule has 4 nitrogen and oxygen atoms in total. The van der Waals surface area contributed by atoms with E-state index in [2.05, 4.69) is 0 Å². The molecular formula is C13H28N2O2. The van der Waals surface area contributed by atoms with Crippen molar-refractivity contribution < 1.29 is 9.90 Å². The lowest BCUT2D eigenvalue weighted by molar-refractivity contribution is -0.139. The van der Waals surface area contributed by atoms with Gasteiger partial charge in [0.25, 0.3) is 5.91 Å². The van der Waals surface area contributed by atoms with Gasteiger partial charge < -0.3 is 10.0 Å². The Morgan fingerprint density at radius 3 is 2.06 bits per heavy atom. The van der Waals surface area contributed by atoms with Gasteiger partial charge in [-0.3, -0.25) is 4.79 Å². The van der Waals surface area contributed by atoms with Gasteiger partial charge in [0.1, 0.15) is 6.10 Å². The van der Waals surface area contributed by atoms with Crippen molar-refractivity contribution >= 4 is 5.91 Å². The molecule has 0 bridgehead atoms. The summed E-state index contributed by atoms with van der Waals surface area (Å²) < 4.78 is 0. The van der Waals surface area contributed by atoms with Crippen LogP contribution in [0.2, 0.25) is 0 Å². The Kier molecular flexibility index (Phi) is 21.6. The maximum atomic E-state index is 11.3. The average molecular weight is 244 g/mol. The second-order valence-corrected chi connectivity index (χ2v) is 3.29. The zero-order valence-corrected chi connectivity index (χ0v) is 12.2. The molecule has 0 saturated heterocycles. The number of hydrogen-bond donors (Lipinski definition) is 1. The molecule has 0 radical (unpaired) electrons. The highest BCUT2D eigenvalue weighted by Gasteiger charge is 2.16. The van der Waals surface area contributed by atoms with Crippen molar-refractivity contribution in [2.45, 2.75) is 60.0 Å². The Labute approximate surface area is 106 Å². The summed E-state index contributed by atoms with van der Waals surface area (Å²) in [5.41, 5.74) is 0. The van der Waals surface area contributed by atoms with Gasteiger partial charge in [0.15, 0.2) is 0 Å². The highest BCUT2D eigenvalue weighted by molar-refractivity contribution is 5.80. The molecule has 0 aromatic rings. The van der Waals surface area contributed by atoms with Crippen LogP contribution in [-0.4, -0.2) is 35.6 Å². The Bertz CT molecular complexity index is 186. The number of carbonyl (C=O) groups is 1. The van der Waals surface area contributed by atoms with E-state index in [-0.39, 0.29) is 5.91 Å². The van der Waals surface area contributed by atoms with E-state index in [4.69, 9.17) is 5.26 Å². The first-order valence-electron chi connectivity index (χ1n) is 6.28. The summed E-state index contributed by atoms with van der Waals surface area (Å²) in [6.07, 6.45) is 1.53. The molecule has 1 unspecified atom stereocenters. The molecule has 0 fully saturated rings. The molecule has 0 aliphatic heterocycles. The van der Waals surface area contributed by atoms with Crippen molar-refractivity contribution in [1.82, 2.24) is 4.90 Å². The third-order valence-corrected chi connectivity index (χ3v) is 1.78. The van der Waals surface area contributed by atoms with E-state index < -0.39 is 6.10 Å². The zero-order chi connectivity index (χ0) is 14.3. The first kappa shape index (κ1) is 21.2. The summed E-state index contributed by atoms with van der Waals surface area (Å²) >= 11 is 0. The van der Waals surface area contributed by atoms with Crippen LogP contribution in [0.25, 0.3) is 0 Å². The second kappa shape index (κ2) is 17.3. The molecular weight excluding hydrogens is 216 g/mol. The number of amides is 1. The van der Waals surface area contributed by atoms with Gasteiger partial charge in [-0.1, -0.05) is 34.1 Å². The van der Waals surface area contributed by atoms with Crippen LogP contribution in [0.1, 0.15) is 53.9 Å². The number of aliphatic hydroxyl groups is 1. The summed E-state index contributed by atoms with van der Waals surface area (Å²) in [6.45, 7) is 10.1. The van der Waals surface area contributed by atoms with Crippen molar-refractivity contribution in [2.24, 2.45) is 0 Å². The van der Waals surface area contributed by atoms with E-state index in [1.807, 2.05) is 27.7 Å². The minimum Gasteiger partial charge on any atom is -0.383 e. The van der Waals surface area contributed by atoms with Crippen molar-refractivity contribution in [3.8, 4) is 6.07 Å². The minimum atomic E-state index is -0.799. The SMILES string of the molecule is CC.CC#N.CCCC(O)C(=O)N(C)CCC. The average Bonchev–Trinajstić information content (AvgIpc) is 2.32. The minimum absolute atomic E-state index is 0.154. The molecule has 0 rings (SSSR count). The number of likely N-dealkylation sites (N-methyl/N-ethyl adjacent to an activating group) is 1. The van der Waals surface area contributed by atoms with Crippen molar-refractivity contribution in [1.29, 1.82) is 5.26 Å². The maximum absolute atomic E-state index is 11.3. The lowest BCUT2D eigenvalue weighted by Gasteiger charge is -2.19. The molecule has 0 aromatic heterocycles. The summed E-state index contributed by atoms with van der Waals surface area (Å²) in [5, 5.41) is 16.6. The number of carbonyl (C=O) groups excluding carboxylic acids is 1. The van der Waals surface area contributed by atoms with Crippen molar-refractivity contribution in [2.75, 3.05) is 13.6 Å². The molecule has 1 amide bonds. The molecule has 0 heterocycles. The standard InChI is InChI=1S/C9H19NO2.C2H3N.C2H6/c1-4-6-8(11)9(12)10(3)7-5-2;1-2-3;1-2/h8,11H,4-7H2,1-3H3;1H3;1-2H3. The quantitative estimate of drug-likeness (QED) is 0.808. The van der Waals surface area contributed by atoms with Gasteiger partial charge in [-0.05, 0) is 12.8 Å². The Balaban J connectivity index is -0.000000337. The van der Waals surface area contributed by atoms with Crippen LogP contribution >= 0.6 is 0 Å². The number of rotatable bonds is 5. The predicted molar refractivity (Wildman–Crippen MR) is 71.5 cm³/mol. The molecule has 0 saturated carbocycles. The van der Waals surface area contributed by atoms with Crippen LogP contribution in [0.3, 0.4) is 0 Å². The molecule has 0 aliphatic carbocycles. The third-order valence-electron chi connectivity index (χ3n) is 1.78. The summed E-state index contributed by atoms with van der Waals surface area (Å²) in [5.74, 6) is -0.154. The number of nitriles is 1. The summed E-state index contributed by atoms with van der Waals surface area (Å²) in [4.78, 5) is 12.9. The number of aliphatic hydroxyl groups excluding tert-OH is 1. The molecule has 0 aromatic carbocycles. The van der Waals surface area contributed by atoms with Gasteiger partial charge in [-0.2, -0.15) is 5.26 Å². The highest BCUT2D eigenvalue weighted by Crippen LogP contribution is 2.00. The van der Waals surface area contributed by atoms with Crippen LogP contribution in [0.4, 0.5) is 0 Å². The van der Waals surface area contributed by atoms with Crippen LogP contribution in [-0.2, 0) is 4.79 Å². The van der Waals surface area contributed by atoms with E-state index in [0.29, 0.717) is 6.42 Å². The lowest BCUT2D eigenvalue weighted by Crippen LogP contribution is -2.36. The number of nitrogens with zero attached hydrogens (tertiary/aromatic N) is 2. The van der Waals surface area contributed by atoms with Gasteiger partial charge in [-0.15, -0.1) is 0 Å². The second-order valence-electron chi connectivity index (χ2n) is 3.29. The third kappa shape index (κ3) is 14.9. The summed E-state index contributed by atoms with van der Waals surface area (Å²) in [7, 11) is 1.73. The number of hydrogen-bond acceptors (Lipinski definition) is 3. The van der Waals surface area contributed by atoms with Gasteiger partial charge in [0, 0.05) is 20.5 Å². The van der Waals surface area contributed by atoms with Crippen LogP contribution in [0, 0.1) is 11.3 Å². The first-order valence-corrected chi connectivity index (χ1v) is 6.28. The van der Waals surface area contributed by atoms with E-state index in [1.165, 1.54) is 6.92 Å². The van der Waals surface area contributed by atoms with Crippen LogP contribution < -0.4 is 0 Å².